The summed E-state index contributed by atoms with van der Waals surface area (Å²) in [5.41, 5.74) is 3.82. The second-order valence-corrected chi connectivity index (χ2v) is 7.60. The first-order valence-corrected chi connectivity index (χ1v) is 9.57. The van der Waals surface area contributed by atoms with E-state index in [2.05, 4.69) is 28.5 Å². The van der Waals surface area contributed by atoms with Crippen LogP contribution in [0.3, 0.4) is 0 Å². The molecule has 0 radical (unpaired) electrons. The molecule has 0 aliphatic heterocycles. The summed E-state index contributed by atoms with van der Waals surface area (Å²) in [6, 6.07) is 6.58. The van der Waals surface area contributed by atoms with Crippen molar-refractivity contribution < 1.29 is 4.79 Å². The number of fused-ring (bicyclic) bond motifs is 2. The molecule has 0 unspecified atom stereocenters. The number of hydrogen-bond acceptors (Lipinski definition) is 4. The van der Waals surface area contributed by atoms with Crippen LogP contribution in [0.25, 0.3) is 4.96 Å². The Bertz CT molecular complexity index is 824. The summed E-state index contributed by atoms with van der Waals surface area (Å²) in [6.45, 7) is 0.484. The molecule has 3 aromatic rings. The number of thiazole rings is 1. The number of benzene rings is 1. The van der Waals surface area contributed by atoms with Crippen molar-refractivity contribution in [2.24, 2.45) is 0 Å². The number of aromatic nitrogens is 2. The van der Waals surface area contributed by atoms with Crippen LogP contribution in [0.15, 0.2) is 40.9 Å². The highest BCUT2D eigenvalue weighted by Gasteiger charge is 2.12. The van der Waals surface area contributed by atoms with Crippen LogP contribution in [0, 0.1) is 0 Å². The zero-order valence-electron chi connectivity index (χ0n) is 12.6. The zero-order chi connectivity index (χ0) is 15.6. The van der Waals surface area contributed by atoms with Crippen LogP contribution in [0.2, 0.25) is 0 Å². The lowest BCUT2D eigenvalue weighted by Gasteiger charge is -2.05. The van der Waals surface area contributed by atoms with Crippen molar-refractivity contribution >= 4 is 34.0 Å². The molecule has 0 atom stereocenters. The van der Waals surface area contributed by atoms with Gasteiger partial charge in [0.2, 0.25) is 5.91 Å². The number of thioether (sulfide) groups is 1. The number of imidazole rings is 1. The van der Waals surface area contributed by atoms with E-state index in [1.807, 2.05) is 22.2 Å². The van der Waals surface area contributed by atoms with Gasteiger partial charge in [-0.2, -0.15) is 0 Å². The molecule has 4 rings (SSSR count). The zero-order valence-corrected chi connectivity index (χ0v) is 14.3. The molecule has 1 amide bonds. The summed E-state index contributed by atoms with van der Waals surface area (Å²) in [4.78, 5) is 18.6. The summed E-state index contributed by atoms with van der Waals surface area (Å²) in [5.74, 6) is 0.493. The highest BCUT2D eigenvalue weighted by atomic mass is 32.2. The van der Waals surface area contributed by atoms with Gasteiger partial charge in [-0.1, -0.05) is 6.07 Å². The number of rotatable bonds is 5. The summed E-state index contributed by atoms with van der Waals surface area (Å²) in [5, 5.41) is 4.94. The molecule has 2 heterocycles. The van der Waals surface area contributed by atoms with Crippen LogP contribution >= 0.6 is 23.1 Å². The molecule has 6 heteroatoms. The van der Waals surface area contributed by atoms with Crippen molar-refractivity contribution in [1.82, 2.24) is 14.7 Å². The van der Waals surface area contributed by atoms with Crippen LogP contribution < -0.4 is 5.32 Å². The van der Waals surface area contributed by atoms with E-state index >= 15 is 0 Å². The van der Waals surface area contributed by atoms with E-state index in [9.17, 15) is 4.79 Å². The minimum Gasteiger partial charge on any atom is -0.350 e. The van der Waals surface area contributed by atoms with E-state index < -0.39 is 0 Å². The third-order valence-electron chi connectivity index (χ3n) is 4.05. The van der Waals surface area contributed by atoms with Crippen molar-refractivity contribution in [3.8, 4) is 0 Å². The number of nitrogens with zero attached hydrogens (tertiary/aromatic N) is 2. The van der Waals surface area contributed by atoms with Crippen molar-refractivity contribution in [2.45, 2.75) is 30.7 Å². The highest BCUT2D eigenvalue weighted by molar-refractivity contribution is 8.00. The Morgan fingerprint density at radius 1 is 1.35 bits per heavy atom. The molecule has 2 aromatic heterocycles. The van der Waals surface area contributed by atoms with E-state index in [0.29, 0.717) is 12.3 Å². The average Bonchev–Trinajstić information content (AvgIpc) is 3.25. The number of nitrogens with one attached hydrogen (secondary N) is 1. The Morgan fingerprint density at radius 2 is 2.26 bits per heavy atom. The van der Waals surface area contributed by atoms with Crippen LogP contribution in [-0.2, 0) is 24.2 Å². The summed E-state index contributed by atoms with van der Waals surface area (Å²) in [7, 11) is 0. The summed E-state index contributed by atoms with van der Waals surface area (Å²) < 4.78 is 1.98. The van der Waals surface area contributed by atoms with Gasteiger partial charge in [-0.05, 0) is 42.5 Å². The van der Waals surface area contributed by atoms with Gasteiger partial charge >= 0.3 is 0 Å². The summed E-state index contributed by atoms with van der Waals surface area (Å²) in [6.07, 6.45) is 7.56. The lowest BCUT2D eigenvalue weighted by molar-refractivity contribution is -0.118. The lowest BCUT2D eigenvalue weighted by atomic mass is 10.1. The first kappa shape index (κ1) is 14.8. The normalized spacial score (nSPS) is 13.4. The van der Waals surface area contributed by atoms with E-state index in [4.69, 9.17) is 0 Å². The number of amides is 1. The first-order valence-electron chi connectivity index (χ1n) is 7.70. The van der Waals surface area contributed by atoms with Crippen molar-refractivity contribution in [1.29, 1.82) is 0 Å². The second-order valence-electron chi connectivity index (χ2n) is 5.67. The molecule has 1 aliphatic rings. The molecule has 0 fully saturated rings. The maximum Gasteiger partial charge on any atom is 0.230 e. The van der Waals surface area contributed by atoms with E-state index in [1.54, 1.807) is 23.1 Å². The number of hydrogen-bond donors (Lipinski definition) is 1. The number of aryl methyl sites for hydroxylation is 2. The predicted octanol–water partition coefficient (Wildman–Crippen LogP) is 3.29. The van der Waals surface area contributed by atoms with E-state index in [1.165, 1.54) is 35.3 Å². The lowest BCUT2D eigenvalue weighted by Crippen LogP contribution is -2.24. The molecule has 1 aromatic carbocycles. The minimum absolute atomic E-state index is 0.0480. The summed E-state index contributed by atoms with van der Waals surface area (Å²) >= 11 is 3.20. The fraction of sp³-hybridized carbons (Fsp3) is 0.294. The Kier molecular flexibility index (Phi) is 4.10. The SMILES string of the molecule is O=C(CSc1ccc2c(c1)CCC2)NCc1cn2ccsc2n1. The Hall–Kier alpha value is -1.79. The number of carbonyl (C=O) groups excluding carboxylic acids is 1. The fourth-order valence-corrected chi connectivity index (χ4v) is 4.40. The van der Waals surface area contributed by atoms with Gasteiger partial charge in [0.1, 0.15) is 0 Å². The van der Waals surface area contributed by atoms with Gasteiger partial charge in [-0.3, -0.25) is 9.20 Å². The van der Waals surface area contributed by atoms with Crippen LogP contribution in [0.1, 0.15) is 23.2 Å². The highest BCUT2D eigenvalue weighted by Crippen LogP contribution is 2.27. The quantitative estimate of drug-likeness (QED) is 0.723. The van der Waals surface area contributed by atoms with Gasteiger partial charge in [0.15, 0.2) is 4.96 Å². The van der Waals surface area contributed by atoms with Crippen LogP contribution in [-0.4, -0.2) is 21.0 Å². The average molecular weight is 343 g/mol. The fourth-order valence-electron chi connectivity index (χ4n) is 2.89. The van der Waals surface area contributed by atoms with Crippen molar-refractivity contribution in [3.63, 3.8) is 0 Å². The van der Waals surface area contributed by atoms with Crippen LogP contribution in [0.4, 0.5) is 0 Å². The van der Waals surface area contributed by atoms with Gasteiger partial charge < -0.3 is 5.32 Å². The van der Waals surface area contributed by atoms with Gasteiger partial charge in [0.05, 0.1) is 18.0 Å². The molecule has 0 saturated heterocycles. The Balaban J connectivity index is 1.29. The molecule has 0 bridgehead atoms. The Labute approximate surface area is 142 Å². The molecule has 1 N–H and O–H groups in total. The molecular weight excluding hydrogens is 326 g/mol. The third kappa shape index (κ3) is 3.28. The van der Waals surface area contributed by atoms with Gasteiger partial charge in [-0.15, -0.1) is 23.1 Å². The molecule has 1 aliphatic carbocycles. The van der Waals surface area contributed by atoms with Gasteiger partial charge in [0.25, 0.3) is 0 Å². The second kappa shape index (κ2) is 6.37. The molecule has 118 valence electrons. The van der Waals surface area contributed by atoms with Crippen molar-refractivity contribution in [3.05, 3.63) is 52.8 Å². The van der Waals surface area contributed by atoms with Gasteiger partial charge in [-0.25, -0.2) is 4.98 Å². The topological polar surface area (TPSA) is 46.4 Å². The molecule has 0 spiro atoms. The van der Waals surface area contributed by atoms with E-state index in [0.717, 1.165) is 10.7 Å². The smallest absolute Gasteiger partial charge is 0.230 e. The van der Waals surface area contributed by atoms with Gasteiger partial charge in [0, 0.05) is 22.7 Å². The molecule has 0 saturated carbocycles. The number of carbonyl (C=O) groups is 1. The maximum absolute atomic E-state index is 12.0. The molecule has 4 nitrogen and oxygen atoms in total. The maximum atomic E-state index is 12.0. The van der Waals surface area contributed by atoms with Crippen LogP contribution in [0.5, 0.6) is 0 Å². The third-order valence-corrected chi connectivity index (χ3v) is 5.81. The van der Waals surface area contributed by atoms with Crippen molar-refractivity contribution in [2.75, 3.05) is 5.75 Å². The largest absolute Gasteiger partial charge is 0.350 e. The predicted molar refractivity (Wildman–Crippen MR) is 94.1 cm³/mol. The molecule has 23 heavy (non-hydrogen) atoms. The standard InChI is InChI=1S/C17H17N3OS2/c21-16(18-9-14-10-20-6-7-22-17(20)19-14)11-23-15-5-4-12-2-1-3-13(12)8-15/h4-8,10H,1-3,9,11H2,(H,18,21). The first-order chi connectivity index (χ1) is 11.3. The Morgan fingerprint density at radius 3 is 3.17 bits per heavy atom. The van der Waals surface area contributed by atoms with E-state index in [-0.39, 0.29) is 5.91 Å². The minimum atomic E-state index is 0.0480. The monoisotopic (exact) mass is 343 g/mol. The molecular formula is C17H17N3OS2.